The van der Waals surface area contributed by atoms with Gasteiger partial charge in [-0.1, -0.05) is 24.3 Å². The van der Waals surface area contributed by atoms with Gasteiger partial charge >= 0.3 is 0 Å². The van der Waals surface area contributed by atoms with Crippen LogP contribution in [0.25, 0.3) is 0 Å². The molecule has 1 heterocycles. The number of ether oxygens (including phenoxy) is 1. The van der Waals surface area contributed by atoms with Crippen molar-refractivity contribution in [3.63, 3.8) is 0 Å². The van der Waals surface area contributed by atoms with Crippen molar-refractivity contribution in [3.05, 3.63) is 54.1 Å². The van der Waals surface area contributed by atoms with E-state index >= 15 is 0 Å². The average Bonchev–Trinajstić information content (AvgIpc) is 2.63. The van der Waals surface area contributed by atoms with Crippen molar-refractivity contribution in [2.24, 2.45) is 0 Å². The lowest BCUT2D eigenvalue weighted by Gasteiger charge is -2.24. The third-order valence-electron chi connectivity index (χ3n) is 4.12. The number of fused-ring (bicyclic) bond motifs is 1. The van der Waals surface area contributed by atoms with Crippen LogP contribution in [-0.4, -0.2) is 23.7 Å². The van der Waals surface area contributed by atoms with Gasteiger partial charge in [-0.25, -0.2) is 0 Å². The molecule has 0 saturated carbocycles. The lowest BCUT2D eigenvalue weighted by Crippen LogP contribution is -2.35. The first-order valence-corrected chi connectivity index (χ1v) is 9.53. The summed E-state index contributed by atoms with van der Waals surface area (Å²) in [6.45, 7) is 4.45. The first kappa shape index (κ1) is 18.3. The summed E-state index contributed by atoms with van der Waals surface area (Å²) in [6.07, 6.45) is 0.139. The molecule has 5 nitrogen and oxygen atoms in total. The fraction of sp³-hybridized carbons (Fsp3) is 0.300. The second-order valence-electron chi connectivity index (χ2n) is 6.09. The maximum atomic E-state index is 12.4. The Morgan fingerprint density at radius 2 is 2.08 bits per heavy atom. The Bertz CT molecular complexity index is 809. The molecule has 1 aliphatic rings. The van der Waals surface area contributed by atoms with E-state index in [1.807, 2.05) is 62.4 Å². The topological polar surface area (TPSA) is 67.4 Å². The molecular weight excluding hydrogens is 348 g/mol. The Hall–Kier alpha value is -2.47. The normalized spacial score (nSPS) is 17.0. The van der Waals surface area contributed by atoms with Gasteiger partial charge in [-0.05, 0) is 43.7 Å². The Balaban J connectivity index is 1.60. The van der Waals surface area contributed by atoms with Crippen LogP contribution in [0.4, 0.5) is 5.69 Å². The molecule has 2 atom stereocenters. The van der Waals surface area contributed by atoms with Crippen molar-refractivity contribution in [1.82, 2.24) is 5.32 Å². The summed E-state index contributed by atoms with van der Waals surface area (Å²) in [4.78, 5) is 25.7. The summed E-state index contributed by atoms with van der Waals surface area (Å²) < 4.78 is 5.50. The minimum Gasteiger partial charge on any atom is -0.494 e. The molecule has 0 aromatic heterocycles. The van der Waals surface area contributed by atoms with E-state index in [9.17, 15) is 9.59 Å². The molecule has 0 saturated heterocycles. The molecule has 6 heteroatoms. The molecule has 2 N–H and O–H groups in total. The van der Waals surface area contributed by atoms with Gasteiger partial charge in [0.2, 0.25) is 11.8 Å². The van der Waals surface area contributed by atoms with Crippen LogP contribution in [0.15, 0.2) is 53.4 Å². The molecule has 2 amide bonds. The third kappa shape index (κ3) is 4.38. The standard InChI is InChI=1S/C20H22N2O3S/c1-3-25-15-8-6-7-14(11-15)13(2)21-19(23)12-18-20(24)22-16-9-4-5-10-17(16)26-18/h4-11,13,18H,3,12H2,1-2H3,(H,21,23)(H,22,24)/t13-,18+/m1/s1. The average molecular weight is 370 g/mol. The highest BCUT2D eigenvalue weighted by atomic mass is 32.2. The smallest absolute Gasteiger partial charge is 0.238 e. The number of carbonyl (C=O) groups is 2. The Kier molecular flexibility index (Phi) is 5.83. The molecule has 2 aromatic carbocycles. The Morgan fingerprint density at radius 3 is 2.88 bits per heavy atom. The summed E-state index contributed by atoms with van der Waals surface area (Å²) in [7, 11) is 0. The largest absolute Gasteiger partial charge is 0.494 e. The van der Waals surface area contributed by atoms with Gasteiger partial charge in [-0.15, -0.1) is 11.8 Å². The SMILES string of the molecule is CCOc1cccc([C@@H](C)NC(=O)C[C@@H]2Sc3ccccc3NC2=O)c1. The van der Waals surface area contributed by atoms with E-state index in [4.69, 9.17) is 4.74 Å². The number of amides is 2. The van der Waals surface area contributed by atoms with Crippen molar-refractivity contribution < 1.29 is 14.3 Å². The minimum atomic E-state index is -0.424. The maximum Gasteiger partial charge on any atom is 0.238 e. The van der Waals surface area contributed by atoms with Gasteiger partial charge in [0.25, 0.3) is 0 Å². The lowest BCUT2D eigenvalue weighted by molar-refractivity contribution is -0.124. The molecule has 0 radical (unpaired) electrons. The van der Waals surface area contributed by atoms with Crippen LogP contribution in [0.5, 0.6) is 5.75 Å². The summed E-state index contributed by atoms with van der Waals surface area (Å²) in [6, 6.07) is 15.1. The van der Waals surface area contributed by atoms with E-state index in [1.54, 1.807) is 0 Å². The fourth-order valence-electron chi connectivity index (χ4n) is 2.82. The van der Waals surface area contributed by atoms with Crippen LogP contribution in [0.2, 0.25) is 0 Å². The first-order valence-electron chi connectivity index (χ1n) is 8.65. The van der Waals surface area contributed by atoms with Crippen LogP contribution < -0.4 is 15.4 Å². The maximum absolute atomic E-state index is 12.4. The van der Waals surface area contributed by atoms with Crippen molar-refractivity contribution >= 4 is 29.3 Å². The van der Waals surface area contributed by atoms with E-state index in [1.165, 1.54) is 11.8 Å². The number of para-hydroxylation sites is 1. The number of benzene rings is 2. The number of anilines is 1. The van der Waals surface area contributed by atoms with Gasteiger partial charge in [-0.3, -0.25) is 9.59 Å². The first-order chi connectivity index (χ1) is 12.6. The number of nitrogens with one attached hydrogen (secondary N) is 2. The molecule has 0 unspecified atom stereocenters. The Morgan fingerprint density at radius 1 is 1.27 bits per heavy atom. The molecule has 136 valence electrons. The van der Waals surface area contributed by atoms with E-state index in [-0.39, 0.29) is 24.3 Å². The second-order valence-corrected chi connectivity index (χ2v) is 7.34. The van der Waals surface area contributed by atoms with Gasteiger partial charge in [0.1, 0.15) is 5.75 Å². The second kappa shape index (κ2) is 8.27. The number of hydrogen-bond acceptors (Lipinski definition) is 4. The van der Waals surface area contributed by atoms with Gasteiger partial charge in [0.05, 0.1) is 23.6 Å². The van der Waals surface area contributed by atoms with E-state index in [0.717, 1.165) is 21.9 Å². The van der Waals surface area contributed by atoms with Gasteiger partial charge in [0.15, 0.2) is 0 Å². The van der Waals surface area contributed by atoms with E-state index in [2.05, 4.69) is 10.6 Å². The quantitative estimate of drug-likeness (QED) is 0.812. The zero-order valence-electron chi connectivity index (χ0n) is 14.8. The number of carbonyl (C=O) groups excluding carboxylic acids is 2. The van der Waals surface area contributed by atoms with E-state index in [0.29, 0.717) is 6.61 Å². The summed E-state index contributed by atoms with van der Waals surface area (Å²) in [5, 5.41) is 5.41. The van der Waals surface area contributed by atoms with Gasteiger partial charge in [0, 0.05) is 11.3 Å². The predicted octanol–water partition coefficient (Wildman–Crippen LogP) is 3.77. The molecule has 0 aliphatic carbocycles. The van der Waals surface area contributed by atoms with Crippen molar-refractivity contribution in [2.75, 3.05) is 11.9 Å². The van der Waals surface area contributed by atoms with Gasteiger partial charge in [-0.2, -0.15) is 0 Å². The van der Waals surface area contributed by atoms with Gasteiger partial charge < -0.3 is 15.4 Å². The van der Waals surface area contributed by atoms with Crippen molar-refractivity contribution in [3.8, 4) is 5.75 Å². The molecule has 0 fully saturated rings. The van der Waals surface area contributed by atoms with Crippen LogP contribution >= 0.6 is 11.8 Å². The number of thioether (sulfide) groups is 1. The van der Waals surface area contributed by atoms with Crippen LogP contribution in [0.1, 0.15) is 31.9 Å². The van der Waals surface area contributed by atoms with Crippen LogP contribution in [-0.2, 0) is 9.59 Å². The van der Waals surface area contributed by atoms with E-state index < -0.39 is 5.25 Å². The van der Waals surface area contributed by atoms with Crippen molar-refractivity contribution in [2.45, 2.75) is 36.5 Å². The molecule has 3 rings (SSSR count). The molecule has 0 bridgehead atoms. The van der Waals surface area contributed by atoms with Crippen LogP contribution in [0, 0.1) is 0 Å². The zero-order chi connectivity index (χ0) is 18.5. The molecule has 26 heavy (non-hydrogen) atoms. The summed E-state index contributed by atoms with van der Waals surface area (Å²) in [5.41, 5.74) is 1.77. The highest BCUT2D eigenvalue weighted by Crippen LogP contribution is 2.36. The lowest BCUT2D eigenvalue weighted by atomic mass is 10.1. The molecule has 2 aromatic rings. The Labute approximate surface area is 157 Å². The number of hydrogen-bond donors (Lipinski definition) is 2. The third-order valence-corrected chi connectivity index (χ3v) is 5.40. The highest BCUT2D eigenvalue weighted by Gasteiger charge is 2.29. The number of rotatable bonds is 6. The summed E-state index contributed by atoms with van der Waals surface area (Å²) in [5.74, 6) is 0.506. The van der Waals surface area contributed by atoms with Crippen LogP contribution in [0.3, 0.4) is 0 Å². The molecule has 1 aliphatic heterocycles. The highest BCUT2D eigenvalue weighted by molar-refractivity contribution is 8.01. The monoisotopic (exact) mass is 370 g/mol. The molecular formula is C20H22N2O3S. The predicted molar refractivity (Wildman–Crippen MR) is 104 cm³/mol. The van der Waals surface area contributed by atoms with Crippen molar-refractivity contribution in [1.29, 1.82) is 0 Å². The molecule has 0 spiro atoms. The zero-order valence-corrected chi connectivity index (χ0v) is 15.6. The minimum absolute atomic E-state index is 0.130. The summed E-state index contributed by atoms with van der Waals surface area (Å²) >= 11 is 1.43. The fourth-order valence-corrected chi connectivity index (χ4v) is 3.93.